The van der Waals surface area contributed by atoms with Crippen LogP contribution in [0, 0.1) is 11.8 Å². The van der Waals surface area contributed by atoms with Crippen molar-refractivity contribution in [3.05, 3.63) is 24.2 Å². The number of nitrogens with zero attached hydrogens (tertiary/aromatic N) is 2. The Morgan fingerprint density at radius 3 is 2.86 bits per heavy atom. The van der Waals surface area contributed by atoms with Crippen molar-refractivity contribution in [2.24, 2.45) is 16.8 Å². The van der Waals surface area contributed by atoms with E-state index < -0.39 is 5.79 Å². The molecule has 2 atom stereocenters. The summed E-state index contributed by atoms with van der Waals surface area (Å²) in [7, 11) is 0. The number of furan rings is 1. The van der Waals surface area contributed by atoms with Gasteiger partial charge < -0.3 is 28.8 Å². The summed E-state index contributed by atoms with van der Waals surface area (Å²) < 4.78 is 22.9. The summed E-state index contributed by atoms with van der Waals surface area (Å²) >= 11 is 0. The topological polar surface area (TPSA) is 68.5 Å². The lowest BCUT2D eigenvalue weighted by molar-refractivity contribution is -0.189. The van der Waals surface area contributed by atoms with Crippen LogP contribution in [-0.4, -0.2) is 69.3 Å². The SMILES string of the molecule is CC1(C2CCCN(C(=NCC3CCOC3)NCCc3ccco3)C2)OCCO1.I. The maximum Gasteiger partial charge on any atom is 0.193 e. The fraction of sp³-hybridized carbons (Fsp3) is 0.762. The van der Waals surface area contributed by atoms with Crippen molar-refractivity contribution >= 4 is 29.9 Å². The van der Waals surface area contributed by atoms with E-state index in [-0.39, 0.29) is 24.0 Å². The number of nitrogens with one attached hydrogen (secondary N) is 1. The van der Waals surface area contributed by atoms with E-state index in [4.69, 9.17) is 23.6 Å². The quantitative estimate of drug-likeness (QED) is 0.354. The minimum absolute atomic E-state index is 0. The maximum atomic E-state index is 5.94. The molecule has 164 valence electrons. The van der Waals surface area contributed by atoms with Gasteiger partial charge in [-0.1, -0.05) is 0 Å². The number of likely N-dealkylation sites (tertiary alicyclic amines) is 1. The van der Waals surface area contributed by atoms with Crippen LogP contribution in [0.1, 0.15) is 31.9 Å². The van der Waals surface area contributed by atoms with Crippen LogP contribution in [0.3, 0.4) is 0 Å². The van der Waals surface area contributed by atoms with Crippen LogP contribution >= 0.6 is 24.0 Å². The number of ether oxygens (including phenoxy) is 3. The number of hydrogen-bond donors (Lipinski definition) is 1. The lowest BCUT2D eigenvalue weighted by Crippen LogP contribution is -2.52. The van der Waals surface area contributed by atoms with E-state index in [1.165, 1.54) is 0 Å². The van der Waals surface area contributed by atoms with Crippen molar-refractivity contribution in [2.45, 2.75) is 38.4 Å². The third kappa shape index (κ3) is 6.08. The molecule has 4 rings (SSSR count). The first kappa shape index (κ1) is 22.8. The molecule has 0 saturated carbocycles. The molecular formula is C21H34IN3O4. The van der Waals surface area contributed by atoms with E-state index in [0.717, 1.165) is 76.8 Å². The first-order chi connectivity index (χ1) is 13.7. The average molecular weight is 519 g/mol. The van der Waals surface area contributed by atoms with Gasteiger partial charge in [-0.15, -0.1) is 24.0 Å². The fourth-order valence-electron chi connectivity index (χ4n) is 4.33. The Hall–Kier alpha value is -0.840. The molecule has 29 heavy (non-hydrogen) atoms. The molecule has 0 aromatic carbocycles. The lowest BCUT2D eigenvalue weighted by atomic mass is 9.90. The highest BCUT2D eigenvalue weighted by atomic mass is 127. The summed E-state index contributed by atoms with van der Waals surface area (Å²) in [5.74, 6) is 2.41. The van der Waals surface area contributed by atoms with Gasteiger partial charge >= 0.3 is 0 Å². The first-order valence-electron chi connectivity index (χ1n) is 10.6. The van der Waals surface area contributed by atoms with Crippen molar-refractivity contribution in [3.63, 3.8) is 0 Å². The molecule has 1 aromatic rings. The van der Waals surface area contributed by atoms with Crippen LogP contribution in [0.2, 0.25) is 0 Å². The number of guanidine groups is 1. The zero-order chi connectivity index (χ0) is 19.2. The normalized spacial score (nSPS) is 27.1. The van der Waals surface area contributed by atoms with Crippen LogP contribution in [-0.2, 0) is 20.6 Å². The Bertz CT molecular complexity index is 628. The van der Waals surface area contributed by atoms with Crippen molar-refractivity contribution < 1.29 is 18.6 Å². The Kier molecular flexibility index (Phi) is 8.64. The third-order valence-corrected chi connectivity index (χ3v) is 6.08. The predicted octanol–water partition coefficient (Wildman–Crippen LogP) is 2.90. The van der Waals surface area contributed by atoms with Gasteiger partial charge in [-0.05, 0) is 38.3 Å². The largest absolute Gasteiger partial charge is 0.469 e. The van der Waals surface area contributed by atoms with Gasteiger partial charge in [-0.3, -0.25) is 4.99 Å². The molecule has 4 heterocycles. The zero-order valence-corrected chi connectivity index (χ0v) is 19.6. The van der Waals surface area contributed by atoms with E-state index in [1.807, 2.05) is 12.1 Å². The lowest BCUT2D eigenvalue weighted by Gasteiger charge is -2.41. The molecule has 3 aliphatic rings. The van der Waals surface area contributed by atoms with Gasteiger partial charge in [0.25, 0.3) is 0 Å². The Morgan fingerprint density at radius 2 is 2.14 bits per heavy atom. The number of hydrogen-bond acceptors (Lipinski definition) is 5. The molecule has 0 bridgehead atoms. The Balaban J connectivity index is 0.00000240. The van der Waals surface area contributed by atoms with Gasteiger partial charge in [-0.25, -0.2) is 0 Å². The summed E-state index contributed by atoms with van der Waals surface area (Å²) in [6.07, 6.45) is 5.93. The Labute approximate surface area is 190 Å². The van der Waals surface area contributed by atoms with Crippen LogP contribution in [0.15, 0.2) is 27.8 Å². The molecule has 8 heteroatoms. The van der Waals surface area contributed by atoms with Crippen molar-refractivity contribution in [3.8, 4) is 0 Å². The number of piperidine rings is 1. The highest BCUT2D eigenvalue weighted by Gasteiger charge is 2.42. The van der Waals surface area contributed by atoms with Gasteiger partial charge in [0, 0.05) is 51.0 Å². The molecular weight excluding hydrogens is 485 g/mol. The first-order valence-corrected chi connectivity index (χ1v) is 10.6. The van der Waals surface area contributed by atoms with Crippen LogP contribution in [0.5, 0.6) is 0 Å². The molecule has 1 N–H and O–H groups in total. The second kappa shape index (κ2) is 11.0. The average Bonchev–Trinajstić information content (AvgIpc) is 3.48. The summed E-state index contributed by atoms with van der Waals surface area (Å²) in [6, 6.07) is 3.95. The van der Waals surface area contributed by atoms with Gasteiger partial charge in [-0.2, -0.15) is 0 Å². The van der Waals surface area contributed by atoms with E-state index in [9.17, 15) is 0 Å². The van der Waals surface area contributed by atoms with E-state index in [2.05, 4.69) is 17.1 Å². The maximum absolute atomic E-state index is 5.94. The van der Waals surface area contributed by atoms with E-state index in [1.54, 1.807) is 6.26 Å². The highest BCUT2D eigenvalue weighted by Crippen LogP contribution is 2.34. The summed E-state index contributed by atoms with van der Waals surface area (Å²) in [5.41, 5.74) is 0. The summed E-state index contributed by atoms with van der Waals surface area (Å²) in [6.45, 7) is 8.70. The zero-order valence-electron chi connectivity index (χ0n) is 17.3. The fourth-order valence-corrected chi connectivity index (χ4v) is 4.33. The molecule has 7 nitrogen and oxygen atoms in total. The standard InChI is InChI=1S/C21H33N3O4.HI/c1-21(27-12-13-28-21)18-4-2-9-24(15-18)20(23-14-17-7-11-25-16-17)22-8-6-19-5-3-10-26-19;/h3,5,10,17-18H,2,4,6-9,11-16H2,1H3,(H,22,23);1H. The summed E-state index contributed by atoms with van der Waals surface area (Å²) in [5, 5.41) is 3.57. The van der Waals surface area contributed by atoms with Gasteiger partial charge in [0.15, 0.2) is 11.7 Å². The summed E-state index contributed by atoms with van der Waals surface area (Å²) in [4.78, 5) is 7.35. The van der Waals surface area contributed by atoms with Crippen molar-refractivity contribution in [1.29, 1.82) is 0 Å². The molecule has 0 amide bonds. The second-order valence-corrected chi connectivity index (χ2v) is 8.15. The second-order valence-electron chi connectivity index (χ2n) is 8.15. The van der Waals surface area contributed by atoms with Crippen LogP contribution in [0.25, 0.3) is 0 Å². The minimum Gasteiger partial charge on any atom is -0.469 e. The molecule has 0 aliphatic carbocycles. The number of aliphatic imine (C=N–C) groups is 1. The van der Waals surface area contributed by atoms with E-state index >= 15 is 0 Å². The molecule has 2 unspecified atom stereocenters. The monoisotopic (exact) mass is 519 g/mol. The van der Waals surface area contributed by atoms with Crippen molar-refractivity contribution in [1.82, 2.24) is 10.2 Å². The van der Waals surface area contributed by atoms with Crippen LogP contribution in [0.4, 0.5) is 0 Å². The number of halogens is 1. The van der Waals surface area contributed by atoms with E-state index in [0.29, 0.717) is 25.0 Å². The molecule has 0 radical (unpaired) electrons. The number of rotatable bonds is 6. The van der Waals surface area contributed by atoms with Gasteiger partial charge in [0.05, 0.1) is 26.1 Å². The highest BCUT2D eigenvalue weighted by molar-refractivity contribution is 14.0. The van der Waals surface area contributed by atoms with Gasteiger partial charge in [0.1, 0.15) is 5.76 Å². The Morgan fingerprint density at radius 1 is 1.28 bits per heavy atom. The van der Waals surface area contributed by atoms with Gasteiger partial charge in [0.2, 0.25) is 0 Å². The third-order valence-electron chi connectivity index (χ3n) is 6.08. The molecule has 3 fully saturated rings. The smallest absolute Gasteiger partial charge is 0.193 e. The minimum atomic E-state index is -0.461. The molecule has 0 spiro atoms. The molecule has 3 aliphatic heterocycles. The molecule has 3 saturated heterocycles. The molecule has 1 aromatic heterocycles. The van der Waals surface area contributed by atoms with Crippen molar-refractivity contribution in [2.75, 3.05) is 52.6 Å². The predicted molar refractivity (Wildman–Crippen MR) is 122 cm³/mol. The van der Waals surface area contributed by atoms with Crippen LogP contribution < -0.4 is 5.32 Å².